The van der Waals surface area contributed by atoms with Gasteiger partial charge in [0.15, 0.2) is 5.82 Å². The van der Waals surface area contributed by atoms with Gasteiger partial charge in [0, 0.05) is 19.1 Å². The lowest BCUT2D eigenvalue weighted by Gasteiger charge is -1.99. The Morgan fingerprint density at radius 3 is 3.00 bits per heavy atom. The van der Waals surface area contributed by atoms with Gasteiger partial charge in [0.1, 0.15) is 0 Å². The van der Waals surface area contributed by atoms with Crippen LogP contribution in [0, 0.1) is 0 Å². The Balaban J connectivity index is 1.90. The molecule has 0 aromatic carbocycles. The Kier molecular flexibility index (Phi) is 2.41. The van der Waals surface area contributed by atoms with E-state index in [1.54, 1.807) is 7.11 Å². The first-order valence-corrected chi connectivity index (χ1v) is 4.82. The molecule has 5 nitrogen and oxygen atoms in total. The lowest BCUT2D eigenvalue weighted by Crippen LogP contribution is -2.08. The summed E-state index contributed by atoms with van der Waals surface area (Å²) in [6, 6.07) is 0.491. The molecule has 1 N–H and O–H groups in total. The number of hydrogen-bond donors (Lipinski definition) is 1. The van der Waals surface area contributed by atoms with E-state index >= 15 is 0 Å². The van der Waals surface area contributed by atoms with Crippen molar-refractivity contribution in [1.82, 2.24) is 10.1 Å². The molecule has 1 saturated carbocycles. The van der Waals surface area contributed by atoms with Crippen molar-refractivity contribution in [3.8, 4) is 0 Å². The van der Waals surface area contributed by atoms with Gasteiger partial charge in [0.25, 0.3) is 0 Å². The van der Waals surface area contributed by atoms with E-state index in [9.17, 15) is 0 Å². The maximum Gasteiger partial charge on any atom is 0.321 e. The van der Waals surface area contributed by atoms with Crippen LogP contribution >= 0.6 is 0 Å². The number of anilines is 1. The van der Waals surface area contributed by atoms with Crippen LogP contribution in [0.2, 0.25) is 0 Å². The van der Waals surface area contributed by atoms with E-state index in [2.05, 4.69) is 22.4 Å². The fourth-order valence-corrected chi connectivity index (χ4v) is 1.21. The summed E-state index contributed by atoms with van der Waals surface area (Å²) in [5, 5.41) is 6.94. The van der Waals surface area contributed by atoms with Gasteiger partial charge >= 0.3 is 6.01 Å². The summed E-state index contributed by atoms with van der Waals surface area (Å²) in [5.74, 6) is 0.817. The van der Waals surface area contributed by atoms with E-state index < -0.39 is 0 Å². The first-order valence-electron chi connectivity index (χ1n) is 4.82. The van der Waals surface area contributed by atoms with Crippen LogP contribution in [0.5, 0.6) is 0 Å². The number of nitrogens with one attached hydrogen (secondary N) is 1. The summed E-state index contributed by atoms with van der Waals surface area (Å²) in [6.07, 6.45) is 2.31. The molecule has 1 aliphatic rings. The largest absolute Gasteiger partial charge is 0.383 e. The summed E-state index contributed by atoms with van der Waals surface area (Å²) in [7, 11) is 1.66. The molecule has 0 saturated heterocycles. The topological polar surface area (TPSA) is 60.2 Å². The normalized spacial score (nSPS) is 18.1. The Morgan fingerprint density at radius 1 is 1.57 bits per heavy atom. The molecule has 14 heavy (non-hydrogen) atoms. The summed E-state index contributed by atoms with van der Waals surface area (Å²) < 4.78 is 9.95. The minimum atomic E-state index is 0.171. The highest BCUT2D eigenvalue weighted by Gasteiger charge is 2.43. The third-order valence-electron chi connectivity index (χ3n) is 2.55. The van der Waals surface area contributed by atoms with Gasteiger partial charge in [0.05, 0.1) is 6.61 Å². The maximum absolute atomic E-state index is 5.05. The minimum Gasteiger partial charge on any atom is -0.383 e. The molecule has 78 valence electrons. The molecule has 0 amide bonds. The first kappa shape index (κ1) is 9.45. The highest BCUT2D eigenvalue weighted by molar-refractivity contribution is 5.23. The second kappa shape index (κ2) is 3.57. The summed E-state index contributed by atoms with van der Waals surface area (Å²) in [5.41, 5.74) is 0.171. The monoisotopic (exact) mass is 197 g/mol. The zero-order chi connectivity index (χ0) is 10.0. The van der Waals surface area contributed by atoms with E-state index in [1.807, 2.05) is 0 Å². The molecule has 1 aliphatic carbocycles. The highest BCUT2D eigenvalue weighted by Crippen LogP contribution is 2.46. The molecule has 0 spiro atoms. The predicted molar refractivity (Wildman–Crippen MR) is 51.2 cm³/mol. The van der Waals surface area contributed by atoms with E-state index in [4.69, 9.17) is 9.26 Å². The number of rotatable bonds is 5. The molecule has 2 rings (SSSR count). The molecule has 1 aromatic rings. The van der Waals surface area contributed by atoms with Gasteiger partial charge in [-0.2, -0.15) is 4.98 Å². The van der Waals surface area contributed by atoms with E-state index in [0.717, 1.165) is 18.7 Å². The number of ether oxygens (including phenoxy) is 1. The van der Waals surface area contributed by atoms with Crippen molar-refractivity contribution in [1.29, 1.82) is 0 Å². The van der Waals surface area contributed by atoms with Crippen LogP contribution < -0.4 is 5.32 Å². The lowest BCUT2D eigenvalue weighted by molar-refractivity contribution is 0.210. The molecule has 0 bridgehead atoms. The van der Waals surface area contributed by atoms with Crippen molar-refractivity contribution in [2.24, 2.45) is 0 Å². The Labute approximate surface area is 82.8 Å². The van der Waals surface area contributed by atoms with Crippen molar-refractivity contribution < 1.29 is 9.26 Å². The molecule has 0 radical (unpaired) electrons. The standard InChI is InChI=1S/C9H15N3O2/c1-9(3-4-9)7-11-8(14-12-7)10-5-6-13-2/h3-6H2,1-2H3,(H,10,11,12). The quantitative estimate of drug-likeness (QED) is 0.718. The third kappa shape index (κ3) is 1.87. The van der Waals surface area contributed by atoms with Gasteiger partial charge in [-0.1, -0.05) is 12.1 Å². The van der Waals surface area contributed by atoms with E-state index in [-0.39, 0.29) is 5.41 Å². The van der Waals surface area contributed by atoms with E-state index in [1.165, 1.54) is 0 Å². The van der Waals surface area contributed by atoms with Crippen LogP contribution in [0.3, 0.4) is 0 Å². The van der Waals surface area contributed by atoms with Crippen molar-refractivity contribution in [3.63, 3.8) is 0 Å². The average Bonchev–Trinajstić information content (AvgIpc) is 2.76. The minimum absolute atomic E-state index is 0.171. The van der Waals surface area contributed by atoms with Crippen molar-refractivity contribution in [2.45, 2.75) is 25.2 Å². The van der Waals surface area contributed by atoms with E-state index in [0.29, 0.717) is 19.2 Å². The van der Waals surface area contributed by atoms with Gasteiger partial charge in [-0.3, -0.25) is 0 Å². The Morgan fingerprint density at radius 2 is 2.36 bits per heavy atom. The molecule has 5 heteroatoms. The average molecular weight is 197 g/mol. The van der Waals surface area contributed by atoms with Crippen LogP contribution in [0.4, 0.5) is 6.01 Å². The second-order valence-electron chi connectivity index (χ2n) is 3.90. The Hall–Kier alpha value is -1.10. The number of methoxy groups -OCH3 is 1. The lowest BCUT2D eigenvalue weighted by atomic mass is 10.1. The molecule has 0 unspecified atom stereocenters. The molecule has 1 fully saturated rings. The summed E-state index contributed by atoms with van der Waals surface area (Å²) in [6.45, 7) is 3.47. The first-order chi connectivity index (χ1) is 6.74. The van der Waals surface area contributed by atoms with Crippen molar-refractivity contribution in [2.75, 3.05) is 25.6 Å². The number of hydrogen-bond acceptors (Lipinski definition) is 5. The van der Waals surface area contributed by atoms with Crippen molar-refractivity contribution in [3.05, 3.63) is 5.82 Å². The highest BCUT2D eigenvalue weighted by atomic mass is 16.5. The fraction of sp³-hybridized carbons (Fsp3) is 0.778. The predicted octanol–water partition coefficient (Wildman–Crippen LogP) is 1.18. The number of aromatic nitrogens is 2. The molecule has 0 atom stereocenters. The molecule has 1 heterocycles. The van der Waals surface area contributed by atoms with Crippen LogP contribution in [0.1, 0.15) is 25.6 Å². The SMILES string of the molecule is COCCNc1nc(C2(C)CC2)no1. The van der Waals surface area contributed by atoms with Gasteiger partial charge in [0.2, 0.25) is 0 Å². The zero-order valence-electron chi connectivity index (χ0n) is 8.54. The molecular formula is C9H15N3O2. The van der Waals surface area contributed by atoms with Crippen molar-refractivity contribution >= 4 is 6.01 Å². The van der Waals surface area contributed by atoms with Crippen LogP contribution in [-0.4, -0.2) is 30.4 Å². The fourth-order valence-electron chi connectivity index (χ4n) is 1.21. The molecular weight excluding hydrogens is 182 g/mol. The smallest absolute Gasteiger partial charge is 0.321 e. The summed E-state index contributed by atoms with van der Waals surface area (Å²) >= 11 is 0. The van der Waals surface area contributed by atoms with Gasteiger partial charge in [-0.05, 0) is 12.8 Å². The third-order valence-corrected chi connectivity index (χ3v) is 2.55. The van der Waals surface area contributed by atoms with Gasteiger partial charge in [-0.25, -0.2) is 0 Å². The van der Waals surface area contributed by atoms with Crippen LogP contribution in [0.15, 0.2) is 4.52 Å². The maximum atomic E-state index is 5.05. The Bertz CT molecular complexity index is 307. The van der Waals surface area contributed by atoms with Gasteiger partial charge in [-0.15, -0.1) is 0 Å². The van der Waals surface area contributed by atoms with Gasteiger partial charge < -0.3 is 14.6 Å². The number of nitrogens with zero attached hydrogens (tertiary/aromatic N) is 2. The zero-order valence-corrected chi connectivity index (χ0v) is 8.54. The van der Waals surface area contributed by atoms with Crippen LogP contribution in [-0.2, 0) is 10.2 Å². The van der Waals surface area contributed by atoms with Crippen LogP contribution in [0.25, 0.3) is 0 Å². The molecule has 0 aliphatic heterocycles. The molecule has 1 aromatic heterocycles. The summed E-state index contributed by atoms with van der Waals surface area (Å²) in [4.78, 5) is 4.27. The second-order valence-corrected chi connectivity index (χ2v) is 3.90.